The number of hydrogen-bond donors (Lipinski definition) is 2. The molecule has 3 rings (SSSR count). The smallest absolute Gasteiger partial charge is 0.307 e. The lowest BCUT2D eigenvalue weighted by Gasteiger charge is -2.02. The largest absolute Gasteiger partial charge is 0.506 e. The number of benzene rings is 2. The second-order valence-electron chi connectivity index (χ2n) is 4.94. The zero-order valence-electron chi connectivity index (χ0n) is 12.2. The summed E-state index contributed by atoms with van der Waals surface area (Å²) in [6.45, 7) is 0. The van der Waals surface area contributed by atoms with Gasteiger partial charge in [0.15, 0.2) is 5.76 Å². The third kappa shape index (κ3) is 4.37. The molecule has 0 aliphatic heterocycles. The number of phenols is 1. The van der Waals surface area contributed by atoms with Crippen molar-refractivity contribution < 1.29 is 14.3 Å². The first kappa shape index (κ1) is 19.1. The van der Waals surface area contributed by atoms with Crippen LogP contribution in [0, 0.1) is 7.14 Å². The molecule has 2 N–H and O–H groups in total. The molecule has 128 valence electrons. The molecule has 0 saturated carbocycles. The van der Waals surface area contributed by atoms with Crippen LogP contribution >= 0.6 is 77.0 Å². The van der Waals surface area contributed by atoms with E-state index in [-0.39, 0.29) is 11.5 Å². The highest BCUT2D eigenvalue weighted by Crippen LogP contribution is 2.31. The molecule has 1 aromatic heterocycles. The Balaban J connectivity index is 1.80. The van der Waals surface area contributed by atoms with Crippen LogP contribution in [-0.4, -0.2) is 17.2 Å². The van der Waals surface area contributed by atoms with Gasteiger partial charge in [-0.3, -0.25) is 4.79 Å². The maximum absolute atomic E-state index is 12.2. The Kier molecular flexibility index (Phi) is 6.06. The van der Waals surface area contributed by atoms with E-state index in [2.05, 4.69) is 65.0 Å². The van der Waals surface area contributed by atoms with Gasteiger partial charge in [0.2, 0.25) is 0 Å². The first-order valence-electron chi connectivity index (χ1n) is 6.75. The summed E-state index contributed by atoms with van der Waals surface area (Å²) in [5, 5.41) is 14.7. The average molecular weight is 690 g/mol. The van der Waals surface area contributed by atoms with Crippen LogP contribution in [0.15, 0.2) is 48.8 Å². The molecule has 1 heterocycles. The van der Waals surface area contributed by atoms with Crippen LogP contribution in [0.25, 0.3) is 11.0 Å². The molecule has 0 bridgehead atoms. The van der Waals surface area contributed by atoms with Gasteiger partial charge in [0, 0.05) is 19.0 Å². The molecule has 0 atom stereocenters. The fourth-order valence-corrected chi connectivity index (χ4v) is 5.32. The van der Waals surface area contributed by atoms with Crippen molar-refractivity contribution in [1.82, 2.24) is 5.43 Å². The van der Waals surface area contributed by atoms with E-state index < -0.39 is 5.91 Å². The molecule has 0 fully saturated rings. The van der Waals surface area contributed by atoms with Crippen LogP contribution in [0.4, 0.5) is 0 Å². The third-order valence-corrected chi connectivity index (χ3v) is 5.68. The zero-order chi connectivity index (χ0) is 18.1. The Labute approximate surface area is 186 Å². The van der Waals surface area contributed by atoms with Crippen LogP contribution < -0.4 is 5.43 Å². The Morgan fingerprint density at radius 2 is 1.96 bits per heavy atom. The molecule has 0 spiro atoms. The predicted octanol–water partition coefficient (Wildman–Crippen LogP) is 5.64. The maximum atomic E-state index is 12.2. The number of hydrazone groups is 1. The lowest BCUT2D eigenvalue weighted by Crippen LogP contribution is -2.16. The molecule has 0 aliphatic carbocycles. The van der Waals surface area contributed by atoms with E-state index >= 15 is 0 Å². The molecule has 0 saturated heterocycles. The van der Waals surface area contributed by atoms with Crippen molar-refractivity contribution in [2.45, 2.75) is 0 Å². The van der Waals surface area contributed by atoms with Crippen molar-refractivity contribution in [3.63, 3.8) is 0 Å². The van der Waals surface area contributed by atoms with Crippen LogP contribution in [-0.2, 0) is 0 Å². The van der Waals surface area contributed by atoms with E-state index in [0.717, 1.165) is 17.9 Å². The van der Waals surface area contributed by atoms with Crippen molar-refractivity contribution in [1.29, 1.82) is 0 Å². The van der Waals surface area contributed by atoms with Gasteiger partial charge in [-0.2, -0.15) is 5.10 Å². The highest BCUT2D eigenvalue weighted by atomic mass is 127. The third-order valence-electron chi connectivity index (χ3n) is 3.19. The highest BCUT2D eigenvalue weighted by molar-refractivity contribution is 14.1. The number of carbonyl (C=O) groups is 1. The van der Waals surface area contributed by atoms with Gasteiger partial charge in [0.05, 0.1) is 14.3 Å². The second-order valence-corrected chi connectivity index (χ2v) is 9.12. The molecule has 0 unspecified atom stereocenters. The van der Waals surface area contributed by atoms with Gasteiger partial charge in [-0.1, -0.05) is 15.9 Å². The fraction of sp³-hybridized carbons (Fsp3) is 0. The van der Waals surface area contributed by atoms with Crippen molar-refractivity contribution in [2.75, 3.05) is 0 Å². The van der Waals surface area contributed by atoms with Crippen LogP contribution in [0.5, 0.6) is 5.75 Å². The standard InChI is InChI=1S/C16H8Br2I2N2O3/c17-9-1-7-3-13(25-15(7)11(18)4-9)16(24)22-21-6-8-2-10(19)5-12(20)14(8)23/h1-6,23H,(H,22,24)/b21-6-. The SMILES string of the molecule is O=C(N/N=C\c1cc(I)cc(I)c1O)c1cc2cc(Br)cc(Br)c2o1. The number of fused-ring (bicyclic) bond motifs is 1. The minimum atomic E-state index is -0.477. The number of hydrogen-bond acceptors (Lipinski definition) is 4. The Morgan fingerprint density at radius 1 is 1.20 bits per heavy atom. The number of phenolic OH excluding ortho intramolecular Hbond substituents is 1. The molecular weight excluding hydrogens is 682 g/mol. The van der Waals surface area contributed by atoms with Gasteiger partial charge in [-0.25, -0.2) is 5.43 Å². The molecule has 0 aliphatic rings. The van der Waals surface area contributed by atoms with E-state index in [9.17, 15) is 9.90 Å². The first-order chi connectivity index (χ1) is 11.8. The number of amides is 1. The predicted molar refractivity (Wildman–Crippen MR) is 120 cm³/mol. The van der Waals surface area contributed by atoms with Gasteiger partial charge in [-0.15, -0.1) is 0 Å². The van der Waals surface area contributed by atoms with Gasteiger partial charge in [0.1, 0.15) is 11.3 Å². The van der Waals surface area contributed by atoms with E-state index in [1.165, 1.54) is 6.21 Å². The quantitative estimate of drug-likeness (QED) is 0.213. The second kappa shape index (κ2) is 7.92. The molecule has 9 heteroatoms. The van der Waals surface area contributed by atoms with Crippen molar-refractivity contribution in [2.24, 2.45) is 5.10 Å². The minimum Gasteiger partial charge on any atom is -0.506 e. The normalized spacial score (nSPS) is 11.4. The number of nitrogens with zero attached hydrogens (tertiary/aromatic N) is 1. The maximum Gasteiger partial charge on any atom is 0.307 e. The lowest BCUT2D eigenvalue weighted by molar-refractivity contribution is 0.0929. The molecule has 25 heavy (non-hydrogen) atoms. The molecule has 5 nitrogen and oxygen atoms in total. The number of nitrogens with one attached hydrogen (secondary N) is 1. The first-order valence-corrected chi connectivity index (χ1v) is 10.5. The average Bonchev–Trinajstić information content (AvgIpc) is 2.96. The molecule has 3 aromatic rings. The van der Waals surface area contributed by atoms with Gasteiger partial charge in [0.25, 0.3) is 0 Å². The Bertz CT molecular complexity index is 1020. The summed E-state index contributed by atoms with van der Waals surface area (Å²) in [6, 6.07) is 8.95. The van der Waals surface area contributed by atoms with E-state index in [4.69, 9.17) is 4.42 Å². The lowest BCUT2D eigenvalue weighted by atomic mass is 10.2. The van der Waals surface area contributed by atoms with Gasteiger partial charge < -0.3 is 9.52 Å². The summed E-state index contributed by atoms with van der Waals surface area (Å²) >= 11 is 11.0. The summed E-state index contributed by atoms with van der Waals surface area (Å²) in [5.41, 5.74) is 3.51. The van der Waals surface area contributed by atoms with Crippen molar-refractivity contribution in [3.8, 4) is 5.75 Å². The van der Waals surface area contributed by atoms with Gasteiger partial charge in [-0.05, 0) is 91.4 Å². The highest BCUT2D eigenvalue weighted by Gasteiger charge is 2.14. The fourth-order valence-electron chi connectivity index (χ4n) is 2.09. The van der Waals surface area contributed by atoms with Crippen molar-refractivity contribution >= 4 is 100 Å². The molecule has 1 amide bonds. The summed E-state index contributed by atoms with van der Waals surface area (Å²) in [7, 11) is 0. The number of carbonyl (C=O) groups excluding carboxylic acids is 1. The molecule has 2 aromatic carbocycles. The molecular formula is C16H8Br2I2N2O3. The number of aromatic hydroxyl groups is 1. The van der Waals surface area contributed by atoms with E-state index in [1.54, 1.807) is 12.1 Å². The summed E-state index contributed by atoms with van der Waals surface area (Å²) in [6.07, 6.45) is 1.40. The summed E-state index contributed by atoms with van der Waals surface area (Å²) < 4.78 is 8.87. The zero-order valence-corrected chi connectivity index (χ0v) is 19.7. The van der Waals surface area contributed by atoms with Crippen LogP contribution in [0.1, 0.15) is 16.1 Å². The Morgan fingerprint density at radius 3 is 2.72 bits per heavy atom. The summed E-state index contributed by atoms with van der Waals surface area (Å²) in [5.74, 6) is -0.209. The van der Waals surface area contributed by atoms with E-state index in [1.807, 2.05) is 40.8 Å². The van der Waals surface area contributed by atoms with Crippen molar-refractivity contribution in [3.05, 3.63) is 57.7 Å². The van der Waals surface area contributed by atoms with E-state index in [0.29, 0.717) is 14.7 Å². The number of halogens is 4. The Hall–Kier alpha value is -0.660. The summed E-state index contributed by atoms with van der Waals surface area (Å²) in [4.78, 5) is 12.2. The number of furan rings is 1. The van der Waals surface area contributed by atoms with Crippen LogP contribution in [0.3, 0.4) is 0 Å². The van der Waals surface area contributed by atoms with Crippen LogP contribution in [0.2, 0.25) is 0 Å². The topological polar surface area (TPSA) is 74.8 Å². The van der Waals surface area contributed by atoms with Gasteiger partial charge >= 0.3 is 5.91 Å². The minimum absolute atomic E-state index is 0.122. The monoisotopic (exact) mass is 688 g/mol. The molecule has 0 radical (unpaired) electrons. The number of rotatable bonds is 3.